The third kappa shape index (κ3) is 2.60. The van der Waals surface area contributed by atoms with Gasteiger partial charge in [0.25, 0.3) is 0 Å². The topological polar surface area (TPSA) is 20.2 Å². The molecule has 15 heavy (non-hydrogen) atoms. The van der Waals surface area contributed by atoms with Gasteiger partial charge >= 0.3 is 0 Å². The lowest BCUT2D eigenvalue weighted by Crippen LogP contribution is -1.87. The molecule has 2 rings (SSSR count). The predicted octanol–water partition coefficient (Wildman–Crippen LogP) is 3.75. The van der Waals surface area contributed by atoms with Crippen molar-refractivity contribution >= 4 is 15.9 Å². The van der Waals surface area contributed by atoms with E-state index in [0.29, 0.717) is 0 Å². The fourth-order valence-electron chi connectivity index (χ4n) is 1.49. The minimum absolute atomic E-state index is 0.284. The first-order chi connectivity index (χ1) is 7.25. The van der Waals surface area contributed by atoms with Crippen molar-refractivity contribution in [1.29, 1.82) is 0 Å². The molecule has 0 fully saturated rings. The molecule has 0 aromatic heterocycles. The lowest BCUT2D eigenvalue weighted by molar-refractivity contribution is 0.471. The molecule has 76 valence electrons. The molecule has 0 saturated heterocycles. The van der Waals surface area contributed by atoms with Crippen molar-refractivity contribution in [3.05, 3.63) is 64.1 Å². The Morgan fingerprint density at radius 2 is 1.67 bits per heavy atom. The minimum atomic E-state index is 0.284. The Bertz CT molecular complexity index is 451. The van der Waals surface area contributed by atoms with Crippen molar-refractivity contribution in [1.82, 2.24) is 0 Å². The highest BCUT2D eigenvalue weighted by molar-refractivity contribution is 9.10. The van der Waals surface area contributed by atoms with Crippen LogP contribution in [0.25, 0.3) is 0 Å². The van der Waals surface area contributed by atoms with Gasteiger partial charge in [0.2, 0.25) is 0 Å². The van der Waals surface area contributed by atoms with Gasteiger partial charge in [-0.2, -0.15) is 0 Å². The second-order valence-corrected chi connectivity index (χ2v) is 4.30. The number of aromatic hydroxyl groups is 1. The summed E-state index contributed by atoms with van der Waals surface area (Å²) in [5.74, 6) is 0.284. The van der Waals surface area contributed by atoms with Crippen LogP contribution in [-0.2, 0) is 6.42 Å². The Morgan fingerprint density at radius 3 is 2.33 bits per heavy atom. The van der Waals surface area contributed by atoms with E-state index in [1.807, 2.05) is 30.3 Å². The van der Waals surface area contributed by atoms with Crippen LogP contribution in [0.15, 0.2) is 53.0 Å². The Morgan fingerprint density at radius 1 is 0.933 bits per heavy atom. The van der Waals surface area contributed by atoms with Gasteiger partial charge in [0, 0.05) is 0 Å². The van der Waals surface area contributed by atoms with Gasteiger partial charge in [-0.25, -0.2) is 0 Å². The second-order valence-electron chi connectivity index (χ2n) is 3.45. The van der Waals surface area contributed by atoms with E-state index in [-0.39, 0.29) is 5.75 Å². The molecule has 0 aliphatic carbocycles. The van der Waals surface area contributed by atoms with Crippen LogP contribution in [0.4, 0.5) is 0 Å². The van der Waals surface area contributed by atoms with Crippen LogP contribution in [0.3, 0.4) is 0 Å². The molecular formula is C13H11BrO. The largest absolute Gasteiger partial charge is 0.507 e. The molecule has 0 atom stereocenters. The van der Waals surface area contributed by atoms with E-state index in [1.165, 1.54) is 11.1 Å². The van der Waals surface area contributed by atoms with Gasteiger partial charge in [0.05, 0.1) is 4.47 Å². The number of halogens is 1. The molecule has 2 aromatic rings. The molecule has 0 unspecified atom stereocenters. The van der Waals surface area contributed by atoms with E-state index in [4.69, 9.17) is 0 Å². The fraction of sp³-hybridized carbons (Fsp3) is 0.0769. The van der Waals surface area contributed by atoms with Gasteiger partial charge in [-0.3, -0.25) is 0 Å². The molecule has 0 heterocycles. The zero-order chi connectivity index (χ0) is 10.7. The van der Waals surface area contributed by atoms with Gasteiger partial charge in [-0.05, 0) is 45.6 Å². The zero-order valence-electron chi connectivity index (χ0n) is 8.15. The van der Waals surface area contributed by atoms with Crippen LogP contribution in [0, 0.1) is 0 Å². The van der Waals surface area contributed by atoms with Crippen LogP contribution in [0.1, 0.15) is 11.1 Å². The average molecular weight is 263 g/mol. The summed E-state index contributed by atoms with van der Waals surface area (Å²) in [6.07, 6.45) is 0.889. The number of hydrogen-bond donors (Lipinski definition) is 1. The number of phenolic OH excluding ortho intramolecular Hbond substituents is 1. The molecule has 0 bridgehead atoms. The van der Waals surface area contributed by atoms with E-state index in [1.54, 1.807) is 6.07 Å². The summed E-state index contributed by atoms with van der Waals surface area (Å²) in [5.41, 5.74) is 2.46. The molecular weight excluding hydrogens is 252 g/mol. The summed E-state index contributed by atoms with van der Waals surface area (Å²) in [6.45, 7) is 0. The molecule has 0 aliphatic heterocycles. The van der Waals surface area contributed by atoms with Crippen LogP contribution < -0.4 is 0 Å². The SMILES string of the molecule is Oc1ccc(Cc2ccccc2)cc1Br. The minimum Gasteiger partial charge on any atom is -0.507 e. The third-order valence-corrected chi connectivity index (χ3v) is 2.90. The zero-order valence-corrected chi connectivity index (χ0v) is 9.74. The lowest BCUT2D eigenvalue weighted by atomic mass is 10.1. The molecule has 0 aliphatic rings. The van der Waals surface area contributed by atoms with Crippen molar-refractivity contribution < 1.29 is 5.11 Å². The van der Waals surface area contributed by atoms with Crippen molar-refractivity contribution in [3.8, 4) is 5.75 Å². The normalized spacial score (nSPS) is 10.2. The van der Waals surface area contributed by atoms with E-state index in [0.717, 1.165) is 10.9 Å². The molecule has 0 spiro atoms. The highest BCUT2D eigenvalue weighted by Gasteiger charge is 2.00. The van der Waals surface area contributed by atoms with Gasteiger partial charge in [-0.1, -0.05) is 36.4 Å². The van der Waals surface area contributed by atoms with E-state index in [9.17, 15) is 5.11 Å². The molecule has 2 heteroatoms. The van der Waals surface area contributed by atoms with Crippen molar-refractivity contribution in [2.75, 3.05) is 0 Å². The number of phenols is 1. The predicted molar refractivity (Wildman–Crippen MR) is 65.1 cm³/mol. The standard InChI is InChI=1S/C13H11BrO/c14-12-9-11(6-7-13(12)15)8-10-4-2-1-3-5-10/h1-7,9,15H,8H2. The molecule has 2 aromatic carbocycles. The maximum atomic E-state index is 9.36. The molecule has 0 saturated carbocycles. The van der Waals surface area contributed by atoms with Crippen molar-refractivity contribution in [2.24, 2.45) is 0 Å². The number of benzene rings is 2. The maximum Gasteiger partial charge on any atom is 0.129 e. The van der Waals surface area contributed by atoms with Crippen LogP contribution >= 0.6 is 15.9 Å². The van der Waals surface area contributed by atoms with Crippen molar-refractivity contribution in [3.63, 3.8) is 0 Å². The first-order valence-electron chi connectivity index (χ1n) is 4.77. The average Bonchev–Trinajstić information content (AvgIpc) is 2.25. The quantitative estimate of drug-likeness (QED) is 0.874. The van der Waals surface area contributed by atoms with Crippen LogP contribution in [-0.4, -0.2) is 5.11 Å². The Labute approximate surface area is 97.5 Å². The summed E-state index contributed by atoms with van der Waals surface area (Å²) >= 11 is 3.31. The van der Waals surface area contributed by atoms with Gasteiger partial charge in [-0.15, -0.1) is 0 Å². The monoisotopic (exact) mass is 262 g/mol. The third-order valence-electron chi connectivity index (χ3n) is 2.26. The number of hydrogen-bond acceptors (Lipinski definition) is 1. The highest BCUT2D eigenvalue weighted by Crippen LogP contribution is 2.25. The van der Waals surface area contributed by atoms with Crippen LogP contribution in [0.2, 0.25) is 0 Å². The lowest BCUT2D eigenvalue weighted by Gasteiger charge is -2.03. The van der Waals surface area contributed by atoms with Gasteiger partial charge < -0.3 is 5.11 Å². The summed E-state index contributed by atoms with van der Waals surface area (Å²) < 4.78 is 0.746. The highest BCUT2D eigenvalue weighted by atomic mass is 79.9. The smallest absolute Gasteiger partial charge is 0.129 e. The van der Waals surface area contributed by atoms with Gasteiger partial charge in [0.15, 0.2) is 0 Å². The fourth-order valence-corrected chi connectivity index (χ4v) is 1.92. The van der Waals surface area contributed by atoms with Crippen molar-refractivity contribution in [2.45, 2.75) is 6.42 Å². The molecule has 0 amide bonds. The van der Waals surface area contributed by atoms with E-state index >= 15 is 0 Å². The summed E-state index contributed by atoms with van der Waals surface area (Å²) in [4.78, 5) is 0. The first-order valence-corrected chi connectivity index (χ1v) is 5.56. The Hall–Kier alpha value is -1.28. The maximum absolute atomic E-state index is 9.36. The van der Waals surface area contributed by atoms with Gasteiger partial charge in [0.1, 0.15) is 5.75 Å². The summed E-state index contributed by atoms with van der Waals surface area (Å²) in [6, 6.07) is 15.9. The number of rotatable bonds is 2. The molecule has 1 nitrogen and oxygen atoms in total. The Balaban J connectivity index is 2.22. The summed E-state index contributed by atoms with van der Waals surface area (Å²) in [5, 5.41) is 9.36. The summed E-state index contributed by atoms with van der Waals surface area (Å²) in [7, 11) is 0. The molecule has 1 N–H and O–H groups in total. The first kappa shape index (κ1) is 10.2. The second kappa shape index (κ2) is 4.49. The Kier molecular flexibility index (Phi) is 3.07. The van der Waals surface area contributed by atoms with Crippen LogP contribution in [0.5, 0.6) is 5.75 Å². The van der Waals surface area contributed by atoms with E-state index < -0.39 is 0 Å². The van der Waals surface area contributed by atoms with E-state index in [2.05, 4.69) is 28.1 Å². The molecule has 0 radical (unpaired) electrons.